The second kappa shape index (κ2) is 5.97. The van der Waals surface area contributed by atoms with Crippen molar-refractivity contribution in [3.63, 3.8) is 0 Å². The number of methoxy groups -OCH3 is 2. The highest BCUT2D eigenvalue weighted by molar-refractivity contribution is 6.13. The molecule has 0 radical (unpaired) electrons. The van der Waals surface area contributed by atoms with E-state index in [1.807, 2.05) is 27.7 Å². The lowest BCUT2D eigenvalue weighted by atomic mass is 9.65. The molecule has 0 saturated heterocycles. The molecule has 1 aliphatic carbocycles. The average Bonchev–Trinajstić information content (AvgIpc) is 2.65. The van der Waals surface area contributed by atoms with E-state index in [4.69, 9.17) is 9.47 Å². The first-order chi connectivity index (χ1) is 12.1. The van der Waals surface area contributed by atoms with Gasteiger partial charge in [0.2, 0.25) is 0 Å². The molecule has 1 aliphatic rings. The molecule has 2 aromatic rings. The highest BCUT2D eigenvalue weighted by Gasteiger charge is 2.44. The van der Waals surface area contributed by atoms with Gasteiger partial charge in [-0.25, -0.2) is 0 Å². The lowest BCUT2D eigenvalue weighted by molar-refractivity contribution is 0.0871. The van der Waals surface area contributed by atoms with Gasteiger partial charge in [0.1, 0.15) is 11.5 Å². The fraction of sp³-hybridized carbons (Fsp3) is 0.364. The van der Waals surface area contributed by atoms with Gasteiger partial charge in [-0.05, 0) is 75.2 Å². The largest absolute Gasteiger partial charge is 0.497 e. The number of hydrogen-bond donors (Lipinski definition) is 0. The SMILES string of the molecule is COc1ccc2c(c1)C(C)(C)C(=O)c1ccc(OC)cc1C(C)(C)C2=O. The van der Waals surface area contributed by atoms with E-state index in [2.05, 4.69) is 0 Å². The topological polar surface area (TPSA) is 52.6 Å². The Balaban J connectivity index is 2.37. The highest BCUT2D eigenvalue weighted by atomic mass is 16.5. The predicted octanol–water partition coefficient (Wildman–Crippen LogP) is 4.34. The molecule has 0 heterocycles. The molecular weight excluding hydrogens is 328 g/mol. The molecule has 0 unspecified atom stereocenters. The number of carbonyl (C=O) groups is 2. The van der Waals surface area contributed by atoms with E-state index in [1.165, 1.54) is 0 Å². The van der Waals surface area contributed by atoms with Gasteiger partial charge in [-0.2, -0.15) is 0 Å². The van der Waals surface area contributed by atoms with Gasteiger partial charge < -0.3 is 9.47 Å². The van der Waals surface area contributed by atoms with Crippen LogP contribution in [0.5, 0.6) is 11.5 Å². The average molecular weight is 352 g/mol. The maximum Gasteiger partial charge on any atom is 0.173 e. The van der Waals surface area contributed by atoms with Crippen molar-refractivity contribution in [2.75, 3.05) is 14.2 Å². The molecule has 0 atom stereocenters. The number of ether oxygens (including phenoxy) is 2. The van der Waals surface area contributed by atoms with Gasteiger partial charge in [0.05, 0.1) is 25.0 Å². The summed E-state index contributed by atoms with van der Waals surface area (Å²) in [5.41, 5.74) is 0.784. The maximum absolute atomic E-state index is 13.5. The lowest BCUT2D eigenvalue weighted by Crippen LogP contribution is -2.40. The molecular formula is C22H24O4. The van der Waals surface area contributed by atoms with Crippen LogP contribution in [0.3, 0.4) is 0 Å². The third-order valence-corrected chi connectivity index (χ3v) is 5.42. The van der Waals surface area contributed by atoms with Gasteiger partial charge in [0, 0.05) is 11.1 Å². The van der Waals surface area contributed by atoms with Crippen LogP contribution in [0, 0.1) is 0 Å². The van der Waals surface area contributed by atoms with Gasteiger partial charge >= 0.3 is 0 Å². The number of ketones is 2. The Kier molecular flexibility index (Phi) is 4.18. The van der Waals surface area contributed by atoms with Crippen molar-refractivity contribution in [2.24, 2.45) is 0 Å². The Labute approximate surface area is 154 Å². The number of rotatable bonds is 2. The first kappa shape index (κ1) is 18.2. The minimum atomic E-state index is -0.862. The van der Waals surface area contributed by atoms with Gasteiger partial charge in [-0.3, -0.25) is 9.59 Å². The highest BCUT2D eigenvalue weighted by Crippen LogP contribution is 2.42. The smallest absolute Gasteiger partial charge is 0.173 e. The monoisotopic (exact) mass is 352 g/mol. The summed E-state index contributed by atoms with van der Waals surface area (Å²) in [5.74, 6) is 1.21. The van der Waals surface area contributed by atoms with E-state index in [9.17, 15) is 9.59 Å². The summed E-state index contributed by atoms with van der Waals surface area (Å²) >= 11 is 0. The Morgan fingerprint density at radius 3 is 1.31 bits per heavy atom. The lowest BCUT2D eigenvalue weighted by Gasteiger charge is -2.35. The summed E-state index contributed by atoms with van der Waals surface area (Å²) in [6, 6.07) is 10.7. The second-order valence-corrected chi connectivity index (χ2v) is 7.73. The quantitative estimate of drug-likeness (QED) is 0.807. The Bertz CT molecular complexity index is 831. The summed E-state index contributed by atoms with van der Waals surface area (Å²) in [6.07, 6.45) is 0. The number of Topliss-reactive ketones (excluding diaryl/α,β-unsaturated/α-hetero) is 2. The fourth-order valence-corrected chi connectivity index (χ4v) is 3.65. The molecule has 2 aromatic carbocycles. The van der Waals surface area contributed by atoms with Crippen molar-refractivity contribution in [2.45, 2.75) is 38.5 Å². The number of benzene rings is 2. The van der Waals surface area contributed by atoms with E-state index < -0.39 is 10.8 Å². The van der Waals surface area contributed by atoms with Crippen molar-refractivity contribution < 1.29 is 19.1 Å². The van der Waals surface area contributed by atoms with Crippen molar-refractivity contribution in [1.82, 2.24) is 0 Å². The first-order valence-electron chi connectivity index (χ1n) is 8.61. The molecule has 0 bridgehead atoms. The zero-order chi connectivity index (χ0) is 19.3. The van der Waals surface area contributed by atoms with Crippen molar-refractivity contribution in [3.8, 4) is 11.5 Å². The molecule has 0 fully saturated rings. The molecule has 0 amide bonds. The molecule has 0 aliphatic heterocycles. The summed E-state index contributed by atoms with van der Waals surface area (Å²) in [6.45, 7) is 7.42. The molecule has 26 heavy (non-hydrogen) atoms. The van der Waals surface area contributed by atoms with Crippen LogP contribution in [-0.4, -0.2) is 25.8 Å². The third-order valence-electron chi connectivity index (χ3n) is 5.42. The zero-order valence-corrected chi connectivity index (χ0v) is 16.1. The van der Waals surface area contributed by atoms with Crippen LogP contribution in [0.25, 0.3) is 0 Å². The molecule has 3 rings (SSSR count). The standard InChI is InChI=1S/C22H24O4/c1-21(2)17-11-13(25-5)7-9-15(17)20(24)22(3,4)18-12-14(26-6)8-10-16(18)19(21)23/h7-12H,1-6H3. The maximum atomic E-state index is 13.5. The van der Waals surface area contributed by atoms with E-state index in [0.29, 0.717) is 33.8 Å². The summed E-state index contributed by atoms with van der Waals surface area (Å²) in [7, 11) is 3.15. The predicted molar refractivity (Wildman–Crippen MR) is 101 cm³/mol. The summed E-state index contributed by atoms with van der Waals surface area (Å²) < 4.78 is 10.7. The third kappa shape index (κ3) is 2.52. The van der Waals surface area contributed by atoms with Crippen LogP contribution in [0.2, 0.25) is 0 Å². The van der Waals surface area contributed by atoms with Crippen molar-refractivity contribution in [3.05, 3.63) is 58.7 Å². The zero-order valence-electron chi connectivity index (χ0n) is 16.1. The van der Waals surface area contributed by atoms with Crippen LogP contribution in [0.1, 0.15) is 59.5 Å². The van der Waals surface area contributed by atoms with E-state index in [1.54, 1.807) is 50.6 Å². The van der Waals surface area contributed by atoms with Crippen LogP contribution in [0.15, 0.2) is 36.4 Å². The minimum absolute atomic E-state index is 0.0229. The first-order valence-corrected chi connectivity index (χ1v) is 8.61. The second-order valence-electron chi connectivity index (χ2n) is 7.73. The Morgan fingerprint density at radius 2 is 1.00 bits per heavy atom. The van der Waals surface area contributed by atoms with Crippen LogP contribution >= 0.6 is 0 Å². The molecule has 136 valence electrons. The van der Waals surface area contributed by atoms with Crippen LogP contribution < -0.4 is 9.47 Å². The molecule has 0 N–H and O–H groups in total. The molecule has 4 heteroatoms. The Hall–Kier alpha value is -2.62. The van der Waals surface area contributed by atoms with Crippen molar-refractivity contribution in [1.29, 1.82) is 0 Å². The number of fused-ring (bicyclic) bond motifs is 2. The molecule has 0 saturated carbocycles. The number of carbonyl (C=O) groups excluding carboxylic acids is 2. The van der Waals surface area contributed by atoms with Crippen LogP contribution in [0.4, 0.5) is 0 Å². The van der Waals surface area contributed by atoms with Gasteiger partial charge in [-0.1, -0.05) is 0 Å². The van der Waals surface area contributed by atoms with Crippen molar-refractivity contribution >= 4 is 11.6 Å². The minimum Gasteiger partial charge on any atom is -0.497 e. The van der Waals surface area contributed by atoms with E-state index in [-0.39, 0.29) is 11.6 Å². The normalized spacial score (nSPS) is 17.6. The van der Waals surface area contributed by atoms with Gasteiger partial charge in [0.25, 0.3) is 0 Å². The molecule has 0 spiro atoms. The van der Waals surface area contributed by atoms with E-state index >= 15 is 0 Å². The summed E-state index contributed by atoms with van der Waals surface area (Å²) in [4.78, 5) is 26.9. The molecule has 0 aromatic heterocycles. The fourth-order valence-electron chi connectivity index (χ4n) is 3.65. The van der Waals surface area contributed by atoms with Gasteiger partial charge in [-0.15, -0.1) is 0 Å². The van der Waals surface area contributed by atoms with Gasteiger partial charge in [0.15, 0.2) is 11.6 Å². The van der Waals surface area contributed by atoms with Crippen LogP contribution in [-0.2, 0) is 10.8 Å². The summed E-state index contributed by atoms with van der Waals surface area (Å²) in [5, 5.41) is 0. The molecule has 4 nitrogen and oxygen atoms in total. The number of hydrogen-bond acceptors (Lipinski definition) is 4. The van der Waals surface area contributed by atoms with E-state index in [0.717, 1.165) is 0 Å². The Morgan fingerprint density at radius 1 is 0.654 bits per heavy atom.